The van der Waals surface area contributed by atoms with E-state index in [-0.39, 0.29) is 0 Å². The summed E-state index contributed by atoms with van der Waals surface area (Å²) in [5.41, 5.74) is 0. The topological polar surface area (TPSA) is 18.5 Å². The van der Waals surface area contributed by atoms with Gasteiger partial charge in [0.05, 0.1) is 0 Å². The molecule has 0 heterocycles. The molecular formula is C38H78O2S. The molecule has 0 amide bonds. The van der Waals surface area contributed by atoms with E-state index in [0.717, 1.165) is 26.4 Å². The standard InChI is InChI=1S/C38H78O2S/c1-3-5-7-9-11-13-15-17-19-21-23-25-27-29-33-39-35-31-37-41-38-32-36-40-34-30-28-26-24-22-20-18-16-14-12-10-8-6-4-2/h3-38H2,1-2H3. The summed E-state index contributed by atoms with van der Waals surface area (Å²) in [5, 5.41) is 0. The number of unbranched alkanes of at least 4 members (excludes halogenated alkanes) is 26. The van der Waals surface area contributed by atoms with Gasteiger partial charge in [0.15, 0.2) is 0 Å². The van der Waals surface area contributed by atoms with E-state index in [1.54, 1.807) is 0 Å². The van der Waals surface area contributed by atoms with Crippen molar-refractivity contribution in [3.63, 3.8) is 0 Å². The molecule has 248 valence electrons. The summed E-state index contributed by atoms with van der Waals surface area (Å²) in [6, 6.07) is 0. The molecule has 0 atom stereocenters. The number of hydrogen-bond acceptors (Lipinski definition) is 3. The number of ether oxygens (including phenoxy) is 2. The minimum Gasteiger partial charge on any atom is -0.381 e. The Balaban J connectivity index is 3.02. The van der Waals surface area contributed by atoms with Crippen molar-refractivity contribution in [1.29, 1.82) is 0 Å². The largest absolute Gasteiger partial charge is 0.381 e. The van der Waals surface area contributed by atoms with Crippen LogP contribution in [0.25, 0.3) is 0 Å². The van der Waals surface area contributed by atoms with Gasteiger partial charge in [0.1, 0.15) is 0 Å². The summed E-state index contributed by atoms with van der Waals surface area (Å²) in [5.74, 6) is 2.47. The van der Waals surface area contributed by atoms with E-state index in [1.165, 1.54) is 204 Å². The van der Waals surface area contributed by atoms with Crippen LogP contribution in [0.4, 0.5) is 0 Å². The first kappa shape index (κ1) is 41.3. The lowest BCUT2D eigenvalue weighted by molar-refractivity contribution is 0.130. The second kappa shape index (κ2) is 40.3. The highest BCUT2D eigenvalue weighted by Gasteiger charge is 1.97. The Labute approximate surface area is 265 Å². The highest BCUT2D eigenvalue weighted by molar-refractivity contribution is 7.99. The van der Waals surface area contributed by atoms with Crippen LogP contribution in [0.5, 0.6) is 0 Å². The first-order chi connectivity index (χ1) is 20.4. The molecule has 0 aliphatic rings. The van der Waals surface area contributed by atoms with E-state index in [9.17, 15) is 0 Å². The Bertz CT molecular complexity index is 392. The third-order valence-corrected chi connectivity index (χ3v) is 9.59. The third-order valence-electron chi connectivity index (χ3n) is 8.44. The van der Waals surface area contributed by atoms with Gasteiger partial charge < -0.3 is 9.47 Å². The van der Waals surface area contributed by atoms with Crippen molar-refractivity contribution < 1.29 is 9.47 Å². The van der Waals surface area contributed by atoms with E-state index in [1.807, 2.05) is 0 Å². The molecule has 0 spiro atoms. The second-order valence-corrected chi connectivity index (χ2v) is 14.0. The van der Waals surface area contributed by atoms with E-state index >= 15 is 0 Å². The van der Waals surface area contributed by atoms with E-state index in [0.29, 0.717) is 0 Å². The SMILES string of the molecule is CCCCCCCCCCCCCCCCOCCCSCCCOCCCCCCCCCCCCCCCC. The van der Waals surface area contributed by atoms with Crippen molar-refractivity contribution in [2.24, 2.45) is 0 Å². The Morgan fingerprint density at radius 1 is 0.268 bits per heavy atom. The van der Waals surface area contributed by atoms with E-state index in [4.69, 9.17) is 9.47 Å². The summed E-state index contributed by atoms with van der Waals surface area (Å²) >= 11 is 2.07. The molecule has 0 saturated carbocycles. The van der Waals surface area contributed by atoms with Crippen LogP contribution in [-0.2, 0) is 9.47 Å². The van der Waals surface area contributed by atoms with Crippen LogP contribution in [-0.4, -0.2) is 37.9 Å². The van der Waals surface area contributed by atoms with Crippen molar-refractivity contribution in [3.8, 4) is 0 Å². The van der Waals surface area contributed by atoms with Crippen molar-refractivity contribution in [3.05, 3.63) is 0 Å². The minimum atomic E-state index is 0.946. The Kier molecular flexibility index (Phi) is 40.5. The molecule has 0 unspecified atom stereocenters. The van der Waals surface area contributed by atoms with Crippen molar-refractivity contribution >= 4 is 11.8 Å². The van der Waals surface area contributed by atoms with Crippen LogP contribution in [0, 0.1) is 0 Å². The molecule has 0 bridgehead atoms. The molecule has 0 rings (SSSR count). The normalized spacial score (nSPS) is 11.6. The molecule has 0 aromatic carbocycles. The van der Waals surface area contributed by atoms with Gasteiger partial charge in [0, 0.05) is 26.4 Å². The van der Waals surface area contributed by atoms with Gasteiger partial charge in [0.25, 0.3) is 0 Å². The quantitative estimate of drug-likeness (QED) is 0.0659. The summed E-state index contributed by atoms with van der Waals surface area (Å²) in [6.45, 7) is 8.43. The average molecular weight is 599 g/mol. The smallest absolute Gasteiger partial charge is 0.0473 e. The fraction of sp³-hybridized carbons (Fsp3) is 1.00. The lowest BCUT2D eigenvalue weighted by Crippen LogP contribution is -2.00. The van der Waals surface area contributed by atoms with Crippen LogP contribution in [0.2, 0.25) is 0 Å². The zero-order valence-corrected chi connectivity index (χ0v) is 29.5. The Morgan fingerprint density at radius 3 is 0.756 bits per heavy atom. The van der Waals surface area contributed by atoms with Gasteiger partial charge in [0.2, 0.25) is 0 Å². The van der Waals surface area contributed by atoms with Gasteiger partial charge in [-0.2, -0.15) is 11.8 Å². The van der Waals surface area contributed by atoms with Gasteiger partial charge in [-0.25, -0.2) is 0 Å². The molecule has 2 nitrogen and oxygen atoms in total. The van der Waals surface area contributed by atoms with E-state index < -0.39 is 0 Å². The monoisotopic (exact) mass is 599 g/mol. The molecule has 0 aromatic rings. The predicted octanol–water partition coefficient (Wildman–Crippen LogP) is 13.5. The summed E-state index contributed by atoms with van der Waals surface area (Å²) in [7, 11) is 0. The molecule has 0 aliphatic heterocycles. The molecule has 0 N–H and O–H groups in total. The fourth-order valence-electron chi connectivity index (χ4n) is 5.63. The first-order valence-corrected chi connectivity index (χ1v) is 20.3. The molecule has 0 aromatic heterocycles. The molecular weight excluding hydrogens is 520 g/mol. The highest BCUT2D eigenvalue weighted by Crippen LogP contribution is 2.14. The van der Waals surface area contributed by atoms with Gasteiger partial charge in [-0.1, -0.05) is 181 Å². The highest BCUT2D eigenvalue weighted by atomic mass is 32.2. The number of thioether (sulfide) groups is 1. The number of hydrogen-bond donors (Lipinski definition) is 0. The lowest BCUT2D eigenvalue weighted by atomic mass is 10.0. The number of rotatable bonds is 38. The zero-order chi connectivity index (χ0) is 29.6. The molecule has 0 saturated heterocycles. The van der Waals surface area contributed by atoms with Crippen molar-refractivity contribution in [2.45, 2.75) is 206 Å². The van der Waals surface area contributed by atoms with E-state index in [2.05, 4.69) is 25.6 Å². The average Bonchev–Trinajstić information content (AvgIpc) is 2.98. The van der Waals surface area contributed by atoms with Crippen molar-refractivity contribution in [1.82, 2.24) is 0 Å². The predicted molar refractivity (Wildman–Crippen MR) is 189 cm³/mol. The van der Waals surface area contributed by atoms with Crippen molar-refractivity contribution in [2.75, 3.05) is 37.9 Å². The van der Waals surface area contributed by atoms with Crippen LogP contribution in [0.3, 0.4) is 0 Å². The molecule has 3 heteroatoms. The summed E-state index contributed by atoms with van der Waals surface area (Å²) < 4.78 is 11.7. The van der Waals surface area contributed by atoms with Crippen LogP contribution in [0.15, 0.2) is 0 Å². The summed E-state index contributed by atoms with van der Waals surface area (Å²) in [4.78, 5) is 0. The van der Waals surface area contributed by atoms with Gasteiger partial charge in [-0.3, -0.25) is 0 Å². The summed E-state index contributed by atoms with van der Waals surface area (Å²) in [6.07, 6.45) is 42.2. The maximum Gasteiger partial charge on any atom is 0.0473 e. The van der Waals surface area contributed by atoms with Crippen LogP contribution < -0.4 is 0 Å². The van der Waals surface area contributed by atoms with Gasteiger partial charge in [-0.05, 0) is 37.2 Å². The first-order valence-electron chi connectivity index (χ1n) is 19.1. The van der Waals surface area contributed by atoms with Crippen LogP contribution >= 0.6 is 11.8 Å². The van der Waals surface area contributed by atoms with Crippen LogP contribution in [0.1, 0.15) is 206 Å². The Morgan fingerprint density at radius 2 is 0.488 bits per heavy atom. The minimum absolute atomic E-state index is 0.946. The maximum atomic E-state index is 5.85. The maximum absolute atomic E-state index is 5.85. The zero-order valence-electron chi connectivity index (χ0n) is 28.7. The third kappa shape index (κ3) is 40.3. The van der Waals surface area contributed by atoms with Gasteiger partial charge in [-0.15, -0.1) is 0 Å². The second-order valence-electron chi connectivity index (χ2n) is 12.7. The lowest BCUT2D eigenvalue weighted by Gasteiger charge is -2.06. The Hall–Kier alpha value is 0.270. The van der Waals surface area contributed by atoms with Gasteiger partial charge >= 0.3 is 0 Å². The fourth-order valence-corrected chi connectivity index (χ4v) is 6.48. The molecule has 0 radical (unpaired) electrons. The molecule has 41 heavy (non-hydrogen) atoms. The molecule has 0 fully saturated rings. The molecule has 0 aliphatic carbocycles.